The molecule has 0 aliphatic carbocycles. The molecule has 2 saturated heterocycles. The summed E-state index contributed by atoms with van der Waals surface area (Å²) in [4.78, 5) is 27.5. The van der Waals surface area contributed by atoms with Crippen LogP contribution >= 0.6 is 11.6 Å². The molecule has 2 fully saturated rings. The van der Waals surface area contributed by atoms with E-state index in [0.717, 1.165) is 52.5 Å². The first-order valence-electron chi connectivity index (χ1n) is 13.8. The van der Waals surface area contributed by atoms with Crippen molar-refractivity contribution in [3.05, 3.63) is 59.3 Å². The van der Waals surface area contributed by atoms with Crippen molar-refractivity contribution in [3.63, 3.8) is 0 Å². The fourth-order valence-corrected chi connectivity index (χ4v) is 5.22. The van der Waals surface area contributed by atoms with Crippen molar-refractivity contribution in [1.29, 1.82) is 0 Å². The highest BCUT2D eigenvalue weighted by atomic mass is 35.5. The maximum Gasteiger partial charge on any atom is 0.251 e. The third-order valence-corrected chi connectivity index (χ3v) is 8.08. The minimum atomic E-state index is -0.453. The molecule has 1 amide bonds. The van der Waals surface area contributed by atoms with Crippen LogP contribution in [0, 0.1) is 5.82 Å². The first-order chi connectivity index (χ1) is 19.8. The van der Waals surface area contributed by atoms with Crippen LogP contribution in [-0.2, 0) is 4.74 Å². The number of morpholine rings is 1. The number of aromatic nitrogens is 2. The Hall–Kier alpha value is -3.51. The van der Waals surface area contributed by atoms with Gasteiger partial charge in [-0.3, -0.25) is 9.69 Å². The Morgan fingerprint density at radius 1 is 1.12 bits per heavy atom. The van der Waals surface area contributed by atoms with Gasteiger partial charge in [0.15, 0.2) is 16.8 Å². The highest BCUT2D eigenvalue weighted by Gasteiger charge is 2.26. The summed E-state index contributed by atoms with van der Waals surface area (Å²) in [7, 11) is 2.09. The van der Waals surface area contributed by atoms with Crippen molar-refractivity contribution in [2.45, 2.75) is 13.0 Å². The number of nitrogens with one attached hydrogen (secondary N) is 2. The van der Waals surface area contributed by atoms with Gasteiger partial charge in [-0.15, -0.1) is 0 Å². The van der Waals surface area contributed by atoms with Gasteiger partial charge in [0.25, 0.3) is 5.91 Å². The number of likely N-dealkylation sites (N-methyl/N-ethyl adjacent to an activating group) is 1. The summed E-state index contributed by atoms with van der Waals surface area (Å²) in [6, 6.07) is 10.9. The zero-order valence-electron chi connectivity index (χ0n) is 23.4. The molecule has 3 aromatic rings. The Labute approximate surface area is 244 Å². The molecular weight excluding hydrogens is 547 g/mol. The standard InChI is InChI=1S/C29H36ClFN8O2/c1-19-17-39(12-11-37(19)2)23-8-7-22(24(31)26(23)36-28-25(32)27(30)34-18-35-28)20-3-5-21(6-4-20)29(40)33-9-10-38-13-15-41-16-14-38/h3-8,18-19H,9-17,32H2,1-2H3,(H,33,40)(H,34,35,36). The zero-order chi connectivity index (χ0) is 28.9. The first-order valence-corrected chi connectivity index (χ1v) is 14.2. The number of halogens is 2. The van der Waals surface area contributed by atoms with Gasteiger partial charge in [0, 0.05) is 63.0 Å². The summed E-state index contributed by atoms with van der Waals surface area (Å²) in [6.45, 7) is 8.98. The van der Waals surface area contributed by atoms with Crippen LogP contribution in [-0.4, -0.2) is 97.8 Å². The van der Waals surface area contributed by atoms with E-state index in [0.29, 0.717) is 35.0 Å². The molecular formula is C29H36ClFN8O2. The van der Waals surface area contributed by atoms with Crippen LogP contribution in [0.4, 0.5) is 27.3 Å². The van der Waals surface area contributed by atoms with E-state index in [1.165, 1.54) is 6.33 Å². The number of hydrogen-bond donors (Lipinski definition) is 3. The number of amides is 1. The van der Waals surface area contributed by atoms with Crippen LogP contribution in [0.1, 0.15) is 17.3 Å². The molecule has 0 bridgehead atoms. The second-order valence-corrected chi connectivity index (χ2v) is 10.8. The topological polar surface area (TPSA) is 112 Å². The van der Waals surface area contributed by atoms with Crippen molar-refractivity contribution in [3.8, 4) is 11.1 Å². The van der Waals surface area contributed by atoms with E-state index in [2.05, 4.69) is 49.3 Å². The molecule has 0 saturated carbocycles. The van der Waals surface area contributed by atoms with Crippen molar-refractivity contribution in [2.75, 3.05) is 82.0 Å². The van der Waals surface area contributed by atoms with Crippen LogP contribution in [0.3, 0.4) is 0 Å². The molecule has 12 heteroatoms. The lowest BCUT2D eigenvalue weighted by Gasteiger charge is -2.39. The minimum Gasteiger partial charge on any atom is -0.393 e. The molecule has 4 N–H and O–H groups in total. The largest absolute Gasteiger partial charge is 0.393 e. The lowest BCUT2D eigenvalue weighted by atomic mass is 10.0. The fraction of sp³-hybridized carbons (Fsp3) is 0.414. The molecule has 10 nitrogen and oxygen atoms in total. The highest BCUT2D eigenvalue weighted by molar-refractivity contribution is 6.32. The van der Waals surface area contributed by atoms with Gasteiger partial charge in [0.2, 0.25) is 0 Å². The SMILES string of the molecule is CC1CN(c2ccc(-c3ccc(C(=O)NCCN4CCOCC4)cc3)c(F)c2Nc2ncnc(Cl)c2N)CCN1C. The van der Waals surface area contributed by atoms with E-state index < -0.39 is 5.82 Å². The lowest BCUT2D eigenvalue weighted by molar-refractivity contribution is 0.0383. The smallest absolute Gasteiger partial charge is 0.251 e. The zero-order valence-corrected chi connectivity index (χ0v) is 24.1. The van der Waals surface area contributed by atoms with E-state index in [1.807, 2.05) is 6.07 Å². The van der Waals surface area contributed by atoms with Crippen LogP contribution in [0.2, 0.25) is 5.15 Å². The molecule has 1 atom stereocenters. The molecule has 0 spiro atoms. The Bertz CT molecular complexity index is 1370. The Balaban J connectivity index is 1.38. The molecule has 3 heterocycles. The maximum absolute atomic E-state index is 16.4. The second kappa shape index (κ2) is 13.0. The summed E-state index contributed by atoms with van der Waals surface area (Å²) in [6.07, 6.45) is 1.28. The van der Waals surface area contributed by atoms with Crippen molar-refractivity contribution in [1.82, 2.24) is 25.1 Å². The number of carbonyl (C=O) groups is 1. The summed E-state index contributed by atoms with van der Waals surface area (Å²) >= 11 is 6.12. The monoisotopic (exact) mass is 582 g/mol. The van der Waals surface area contributed by atoms with Crippen molar-refractivity contribution < 1.29 is 13.9 Å². The fourth-order valence-electron chi connectivity index (χ4n) is 5.09. The van der Waals surface area contributed by atoms with E-state index in [-0.39, 0.29) is 28.3 Å². The van der Waals surface area contributed by atoms with Gasteiger partial charge in [0.1, 0.15) is 17.7 Å². The molecule has 41 heavy (non-hydrogen) atoms. The first kappa shape index (κ1) is 29.0. The summed E-state index contributed by atoms with van der Waals surface area (Å²) in [5.41, 5.74) is 8.75. The van der Waals surface area contributed by atoms with Gasteiger partial charge in [-0.1, -0.05) is 23.7 Å². The number of nitrogens with two attached hydrogens (primary N) is 1. The van der Waals surface area contributed by atoms with Crippen molar-refractivity contribution >= 4 is 40.4 Å². The molecule has 2 aliphatic rings. The van der Waals surface area contributed by atoms with Gasteiger partial charge in [-0.2, -0.15) is 0 Å². The number of piperazine rings is 1. The Morgan fingerprint density at radius 3 is 2.61 bits per heavy atom. The van der Waals surface area contributed by atoms with Gasteiger partial charge in [-0.25, -0.2) is 14.4 Å². The number of rotatable bonds is 8. The van der Waals surface area contributed by atoms with E-state index in [9.17, 15) is 4.79 Å². The molecule has 0 radical (unpaired) electrons. The van der Waals surface area contributed by atoms with Gasteiger partial charge < -0.3 is 30.9 Å². The predicted octanol–water partition coefficient (Wildman–Crippen LogP) is 3.46. The summed E-state index contributed by atoms with van der Waals surface area (Å²) in [5.74, 6) is -0.386. The highest BCUT2D eigenvalue weighted by Crippen LogP contribution is 2.39. The number of benzene rings is 2. The number of carbonyl (C=O) groups excluding carboxylic acids is 1. The molecule has 218 valence electrons. The average molecular weight is 583 g/mol. The van der Waals surface area contributed by atoms with Crippen LogP contribution < -0.4 is 21.3 Å². The minimum absolute atomic E-state index is 0.0904. The number of anilines is 4. The van der Waals surface area contributed by atoms with Crippen LogP contribution in [0.15, 0.2) is 42.7 Å². The van der Waals surface area contributed by atoms with E-state index in [1.54, 1.807) is 30.3 Å². The predicted molar refractivity (Wildman–Crippen MR) is 160 cm³/mol. The lowest BCUT2D eigenvalue weighted by Crippen LogP contribution is -2.50. The quantitative estimate of drug-likeness (QED) is 0.344. The maximum atomic E-state index is 16.4. The van der Waals surface area contributed by atoms with Crippen LogP contribution in [0.25, 0.3) is 11.1 Å². The van der Waals surface area contributed by atoms with Crippen LogP contribution in [0.5, 0.6) is 0 Å². The summed E-state index contributed by atoms with van der Waals surface area (Å²) < 4.78 is 21.7. The number of ether oxygens (including phenoxy) is 1. The Morgan fingerprint density at radius 2 is 1.88 bits per heavy atom. The third-order valence-electron chi connectivity index (χ3n) is 7.77. The Kier molecular flexibility index (Phi) is 9.19. The van der Waals surface area contributed by atoms with E-state index in [4.69, 9.17) is 22.1 Å². The number of nitrogen functional groups attached to an aromatic ring is 1. The molecule has 1 aromatic heterocycles. The number of hydrogen-bond acceptors (Lipinski definition) is 9. The number of nitrogens with zero attached hydrogens (tertiary/aromatic N) is 5. The summed E-state index contributed by atoms with van der Waals surface area (Å²) in [5, 5.41) is 6.15. The van der Waals surface area contributed by atoms with Gasteiger partial charge in [-0.05, 0) is 43.8 Å². The normalized spacial score (nSPS) is 18.3. The van der Waals surface area contributed by atoms with E-state index >= 15 is 4.39 Å². The molecule has 1 unspecified atom stereocenters. The third kappa shape index (κ3) is 6.70. The molecule has 2 aromatic carbocycles. The van der Waals surface area contributed by atoms with Gasteiger partial charge >= 0.3 is 0 Å². The van der Waals surface area contributed by atoms with Gasteiger partial charge in [0.05, 0.1) is 18.9 Å². The van der Waals surface area contributed by atoms with Crippen molar-refractivity contribution in [2.24, 2.45) is 0 Å². The second-order valence-electron chi connectivity index (χ2n) is 10.4. The molecule has 5 rings (SSSR count). The molecule has 2 aliphatic heterocycles. The average Bonchev–Trinajstić information content (AvgIpc) is 2.98.